The SMILES string of the molecule is COc1cccc(N2C(=O)C(=O)/C(=C(/O)c3ccc(Br)cc3)C2c2cccnc2)c1. The van der Waals surface area contributed by atoms with Crippen molar-refractivity contribution in [2.75, 3.05) is 12.0 Å². The molecule has 0 spiro atoms. The lowest BCUT2D eigenvalue weighted by Gasteiger charge is -2.25. The molecule has 1 atom stereocenters. The Morgan fingerprint density at radius 2 is 1.87 bits per heavy atom. The first-order valence-electron chi connectivity index (χ1n) is 9.12. The average Bonchev–Trinajstić information content (AvgIpc) is 3.05. The van der Waals surface area contributed by atoms with E-state index in [0.29, 0.717) is 22.6 Å². The number of anilines is 1. The van der Waals surface area contributed by atoms with Crippen LogP contribution >= 0.6 is 15.9 Å². The number of carbonyl (C=O) groups is 2. The maximum atomic E-state index is 13.1. The maximum Gasteiger partial charge on any atom is 0.300 e. The highest BCUT2D eigenvalue weighted by Crippen LogP contribution is 2.42. The van der Waals surface area contributed by atoms with E-state index in [-0.39, 0.29) is 11.3 Å². The van der Waals surface area contributed by atoms with Crippen LogP contribution < -0.4 is 9.64 Å². The topological polar surface area (TPSA) is 79.7 Å². The molecule has 1 fully saturated rings. The third-order valence-corrected chi connectivity index (χ3v) is 5.42. The first kappa shape index (κ1) is 19.8. The second-order valence-electron chi connectivity index (χ2n) is 6.66. The van der Waals surface area contributed by atoms with Crippen LogP contribution in [0.4, 0.5) is 5.69 Å². The molecule has 0 aliphatic carbocycles. The molecular weight excluding hydrogens is 448 g/mol. The second kappa shape index (κ2) is 8.12. The van der Waals surface area contributed by atoms with Gasteiger partial charge in [-0.15, -0.1) is 0 Å². The van der Waals surface area contributed by atoms with Gasteiger partial charge in [0, 0.05) is 34.2 Å². The minimum absolute atomic E-state index is 0.0122. The Hall–Kier alpha value is -3.45. The predicted molar refractivity (Wildman–Crippen MR) is 116 cm³/mol. The number of benzene rings is 2. The number of nitrogens with zero attached hydrogens (tertiary/aromatic N) is 2. The van der Waals surface area contributed by atoms with E-state index < -0.39 is 17.7 Å². The van der Waals surface area contributed by atoms with E-state index in [1.807, 2.05) is 0 Å². The fraction of sp³-hybridized carbons (Fsp3) is 0.0870. The lowest BCUT2D eigenvalue weighted by atomic mass is 9.96. The van der Waals surface area contributed by atoms with E-state index >= 15 is 0 Å². The van der Waals surface area contributed by atoms with Crippen LogP contribution in [0.25, 0.3) is 5.76 Å². The van der Waals surface area contributed by atoms with Gasteiger partial charge >= 0.3 is 0 Å². The molecule has 1 N–H and O–H groups in total. The summed E-state index contributed by atoms with van der Waals surface area (Å²) in [5.74, 6) is -1.17. The Balaban J connectivity index is 1.93. The minimum atomic E-state index is -0.825. The molecule has 1 saturated heterocycles. The van der Waals surface area contributed by atoms with Crippen LogP contribution in [0, 0.1) is 0 Å². The molecule has 1 aromatic heterocycles. The van der Waals surface area contributed by atoms with E-state index in [0.717, 1.165) is 4.47 Å². The van der Waals surface area contributed by atoms with Crippen molar-refractivity contribution in [1.29, 1.82) is 0 Å². The van der Waals surface area contributed by atoms with E-state index in [2.05, 4.69) is 20.9 Å². The molecule has 1 aliphatic heterocycles. The number of halogens is 1. The monoisotopic (exact) mass is 464 g/mol. The molecule has 7 heteroatoms. The smallest absolute Gasteiger partial charge is 0.300 e. The average molecular weight is 465 g/mol. The quantitative estimate of drug-likeness (QED) is 0.349. The van der Waals surface area contributed by atoms with Crippen molar-refractivity contribution in [2.45, 2.75) is 6.04 Å². The van der Waals surface area contributed by atoms with E-state index in [1.165, 1.54) is 12.0 Å². The first-order chi connectivity index (χ1) is 14.5. The van der Waals surface area contributed by atoms with Gasteiger partial charge in [-0.25, -0.2) is 0 Å². The lowest BCUT2D eigenvalue weighted by Crippen LogP contribution is -2.29. The summed E-state index contributed by atoms with van der Waals surface area (Å²) in [6.07, 6.45) is 3.19. The number of amides is 1. The molecule has 0 bridgehead atoms. The molecule has 150 valence electrons. The van der Waals surface area contributed by atoms with Crippen LogP contribution in [-0.2, 0) is 9.59 Å². The van der Waals surface area contributed by atoms with Gasteiger partial charge in [0.2, 0.25) is 0 Å². The van der Waals surface area contributed by atoms with Crippen molar-refractivity contribution in [3.8, 4) is 5.75 Å². The van der Waals surface area contributed by atoms with Gasteiger partial charge in [-0.1, -0.05) is 40.2 Å². The van der Waals surface area contributed by atoms with E-state index in [9.17, 15) is 14.7 Å². The van der Waals surface area contributed by atoms with Gasteiger partial charge in [0.1, 0.15) is 11.5 Å². The van der Waals surface area contributed by atoms with Gasteiger partial charge in [-0.3, -0.25) is 19.5 Å². The molecule has 6 nitrogen and oxygen atoms in total. The van der Waals surface area contributed by atoms with Crippen molar-refractivity contribution >= 4 is 39.1 Å². The van der Waals surface area contributed by atoms with Crippen molar-refractivity contribution in [1.82, 2.24) is 4.98 Å². The Kier molecular flexibility index (Phi) is 5.37. The molecule has 1 unspecified atom stereocenters. The minimum Gasteiger partial charge on any atom is -0.507 e. The number of aliphatic hydroxyl groups excluding tert-OH is 1. The molecule has 3 aromatic rings. The van der Waals surface area contributed by atoms with Gasteiger partial charge in [0.05, 0.1) is 18.7 Å². The molecule has 2 aromatic carbocycles. The number of aliphatic hydroxyl groups is 1. The molecular formula is C23H17BrN2O4. The normalized spacial score (nSPS) is 17.9. The van der Waals surface area contributed by atoms with Crippen molar-refractivity contribution in [3.63, 3.8) is 0 Å². The van der Waals surface area contributed by atoms with Crippen molar-refractivity contribution in [3.05, 3.63) is 94.2 Å². The molecule has 30 heavy (non-hydrogen) atoms. The third kappa shape index (κ3) is 3.48. The van der Waals surface area contributed by atoms with Gasteiger partial charge in [-0.2, -0.15) is 0 Å². The number of ether oxygens (including phenoxy) is 1. The summed E-state index contributed by atoms with van der Waals surface area (Å²) in [5, 5.41) is 11.0. The van der Waals surface area contributed by atoms with Crippen molar-refractivity contribution < 1.29 is 19.4 Å². The summed E-state index contributed by atoms with van der Waals surface area (Å²) in [4.78, 5) is 31.6. The number of Topliss-reactive ketones (excluding diaryl/α,β-unsaturated/α-hetero) is 1. The predicted octanol–water partition coefficient (Wildman–Crippen LogP) is 4.48. The summed E-state index contributed by atoms with van der Waals surface area (Å²) in [6, 6.07) is 16.4. The van der Waals surface area contributed by atoms with Crippen LogP contribution in [0.3, 0.4) is 0 Å². The number of methoxy groups -OCH3 is 1. The summed E-state index contributed by atoms with van der Waals surface area (Å²) >= 11 is 3.35. The number of hydrogen-bond acceptors (Lipinski definition) is 5. The summed E-state index contributed by atoms with van der Waals surface area (Å²) in [5.41, 5.74) is 1.55. The zero-order chi connectivity index (χ0) is 21.3. The molecule has 1 aliphatic rings. The first-order valence-corrected chi connectivity index (χ1v) is 9.91. The van der Waals surface area contributed by atoms with E-state index in [4.69, 9.17) is 4.74 Å². The van der Waals surface area contributed by atoms with Gasteiger partial charge < -0.3 is 9.84 Å². The standard InChI is InChI=1S/C23H17BrN2O4/c1-30-18-6-2-5-17(12-18)26-20(15-4-3-11-25-13-15)19(22(28)23(26)29)21(27)14-7-9-16(24)10-8-14/h2-13,20,27H,1H3/b21-19+. The molecule has 2 heterocycles. The number of rotatable bonds is 4. The molecule has 0 saturated carbocycles. The fourth-order valence-corrected chi connectivity index (χ4v) is 3.74. The second-order valence-corrected chi connectivity index (χ2v) is 7.58. The number of aromatic nitrogens is 1. The zero-order valence-corrected chi connectivity index (χ0v) is 17.5. The number of pyridine rings is 1. The van der Waals surface area contributed by atoms with Gasteiger partial charge in [0.25, 0.3) is 11.7 Å². The third-order valence-electron chi connectivity index (χ3n) is 4.89. The maximum absolute atomic E-state index is 13.1. The Bertz CT molecular complexity index is 1140. The summed E-state index contributed by atoms with van der Waals surface area (Å²) < 4.78 is 6.10. The number of ketones is 1. The number of carbonyl (C=O) groups excluding carboxylic acids is 2. The van der Waals surface area contributed by atoms with Gasteiger partial charge in [0.15, 0.2) is 0 Å². The molecule has 0 radical (unpaired) electrons. The van der Waals surface area contributed by atoms with E-state index in [1.54, 1.807) is 73.1 Å². The highest BCUT2D eigenvalue weighted by Gasteiger charge is 2.47. The van der Waals surface area contributed by atoms with Crippen LogP contribution in [0.1, 0.15) is 17.2 Å². The number of hydrogen-bond donors (Lipinski definition) is 1. The van der Waals surface area contributed by atoms with Crippen LogP contribution in [0.2, 0.25) is 0 Å². The van der Waals surface area contributed by atoms with Crippen LogP contribution in [-0.4, -0.2) is 28.9 Å². The van der Waals surface area contributed by atoms with Gasteiger partial charge in [-0.05, 0) is 35.9 Å². The van der Waals surface area contributed by atoms with Crippen LogP contribution in [0.15, 0.2) is 83.1 Å². The molecule has 1 amide bonds. The highest BCUT2D eigenvalue weighted by atomic mass is 79.9. The lowest BCUT2D eigenvalue weighted by molar-refractivity contribution is -0.132. The Morgan fingerprint density at radius 1 is 1.10 bits per heavy atom. The summed E-state index contributed by atoms with van der Waals surface area (Å²) in [6.45, 7) is 0. The molecule has 4 rings (SSSR count). The van der Waals surface area contributed by atoms with Crippen molar-refractivity contribution in [2.24, 2.45) is 0 Å². The van der Waals surface area contributed by atoms with Crippen LogP contribution in [0.5, 0.6) is 5.75 Å². The Labute approximate surface area is 181 Å². The Morgan fingerprint density at radius 3 is 2.53 bits per heavy atom. The summed E-state index contributed by atoms with van der Waals surface area (Å²) in [7, 11) is 1.53. The zero-order valence-electron chi connectivity index (χ0n) is 15.9. The highest BCUT2D eigenvalue weighted by molar-refractivity contribution is 9.10. The fourth-order valence-electron chi connectivity index (χ4n) is 3.48. The largest absolute Gasteiger partial charge is 0.507 e.